The van der Waals surface area contributed by atoms with E-state index in [1.165, 1.54) is 16.7 Å². The second-order valence-electron chi connectivity index (χ2n) is 5.54. The van der Waals surface area contributed by atoms with Crippen molar-refractivity contribution in [2.24, 2.45) is 0 Å². The van der Waals surface area contributed by atoms with Crippen molar-refractivity contribution in [1.82, 2.24) is 10.2 Å². The predicted octanol–water partition coefficient (Wildman–Crippen LogP) is 4.27. The number of nitrogens with zero attached hydrogens (tertiary/aromatic N) is 2. The maximum Gasteiger partial charge on any atom is 0.247 e. The summed E-state index contributed by atoms with van der Waals surface area (Å²) in [5.74, 6) is 1.14. The second kappa shape index (κ2) is 6.02. The van der Waals surface area contributed by atoms with E-state index >= 15 is 0 Å². The molecule has 0 aliphatic heterocycles. The number of anilines is 1. The van der Waals surface area contributed by atoms with Crippen molar-refractivity contribution in [2.45, 2.75) is 27.3 Å². The number of aromatic nitrogens is 2. The van der Waals surface area contributed by atoms with Gasteiger partial charge in [-0.3, -0.25) is 0 Å². The monoisotopic (exact) mass is 293 g/mol. The van der Waals surface area contributed by atoms with E-state index in [4.69, 9.17) is 4.42 Å². The van der Waals surface area contributed by atoms with E-state index in [0.717, 1.165) is 11.3 Å². The summed E-state index contributed by atoms with van der Waals surface area (Å²) in [7, 11) is 0. The van der Waals surface area contributed by atoms with Crippen molar-refractivity contribution in [3.8, 4) is 11.5 Å². The zero-order valence-corrected chi connectivity index (χ0v) is 13.1. The zero-order valence-electron chi connectivity index (χ0n) is 13.1. The van der Waals surface area contributed by atoms with Crippen molar-refractivity contribution in [1.29, 1.82) is 0 Å². The second-order valence-corrected chi connectivity index (χ2v) is 5.54. The first-order valence-corrected chi connectivity index (χ1v) is 7.32. The maximum atomic E-state index is 5.73. The first-order valence-electron chi connectivity index (χ1n) is 7.32. The molecule has 22 heavy (non-hydrogen) atoms. The molecule has 0 fully saturated rings. The largest absolute Gasteiger partial charge is 0.419 e. The van der Waals surface area contributed by atoms with Crippen LogP contribution in [0.5, 0.6) is 0 Å². The molecular weight excluding hydrogens is 274 g/mol. The van der Waals surface area contributed by atoms with Gasteiger partial charge in [-0.15, -0.1) is 10.2 Å². The number of benzene rings is 2. The van der Waals surface area contributed by atoms with Crippen molar-refractivity contribution in [3.63, 3.8) is 0 Å². The summed E-state index contributed by atoms with van der Waals surface area (Å²) in [5, 5.41) is 11.6. The summed E-state index contributed by atoms with van der Waals surface area (Å²) in [5.41, 5.74) is 5.63. The summed E-state index contributed by atoms with van der Waals surface area (Å²) in [6.45, 7) is 6.72. The Morgan fingerprint density at radius 3 is 2.59 bits per heavy atom. The normalized spacial score (nSPS) is 10.7. The first-order chi connectivity index (χ1) is 10.6. The van der Waals surface area contributed by atoms with Gasteiger partial charge < -0.3 is 9.73 Å². The summed E-state index contributed by atoms with van der Waals surface area (Å²) >= 11 is 0. The van der Waals surface area contributed by atoms with Crippen LogP contribution >= 0.6 is 0 Å². The standard InChI is InChI=1S/C18H19N3O/c1-12-5-4-6-15(9-12)18-21-20-17(22-18)11-19-16-10-13(2)7-8-14(16)3/h4-10,19H,11H2,1-3H3. The highest BCUT2D eigenvalue weighted by atomic mass is 16.4. The lowest BCUT2D eigenvalue weighted by Crippen LogP contribution is -2.01. The van der Waals surface area contributed by atoms with Gasteiger partial charge in [0.05, 0.1) is 6.54 Å². The van der Waals surface area contributed by atoms with Gasteiger partial charge in [0.25, 0.3) is 0 Å². The molecule has 1 aromatic heterocycles. The lowest BCUT2D eigenvalue weighted by Gasteiger charge is -2.08. The van der Waals surface area contributed by atoms with E-state index in [1.807, 2.05) is 31.2 Å². The Kier molecular flexibility index (Phi) is 3.92. The molecule has 3 rings (SSSR count). The Hall–Kier alpha value is -2.62. The molecule has 0 aliphatic rings. The quantitative estimate of drug-likeness (QED) is 0.780. The Morgan fingerprint density at radius 1 is 0.955 bits per heavy atom. The fourth-order valence-electron chi connectivity index (χ4n) is 2.32. The third-order valence-electron chi connectivity index (χ3n) is 3.56. The highest BCUT2D eigenvalue weighted by Crippen LogP contribution is 2.20. The molecule has 2 aromatic carbocycles. The minimum absolute atomic E-state index is 0.517. The van der Waals surface area contributed by atoms with E-state index in [1.54, 1.807) is 0 Å². The smallest absolute Gasteiger partial charge is 0.247 e. The van der Waals surface area contributed by atoms with E-state index in [0.29, 0.717) is 18.3 Å². The SMILES string of the molecule is Cc1cccc(-c2nnc(CNc3cc(C)ccc3C)o2)c1. The van der Waals surface area contributed by atoms with Crippen LogP contribution in [0.4, 0.5) is 5.69 Å². The summed E-state index contributed by atoms with van der Waals surface area (Å²) < 4.78 is 5.73. The van der Waals surface area contributed by atoms with Crippen LogP contribution in [0.2, 0.25) is 0 Å². The molecule has 112 valence electrons. The molecule has 4 nitrogen and oxygen atoms in total. The van der Waals surface area contributed by atoms with Gasteiger partial charge in [-0.25, -0.2) is 0 Å². The van der Waals surface area contributed by atoms with E-state index in [-0.39, 0.29) is 0 Å². The van der Waals surface area contributed by atoms with Crippen molar-refractivity contribution in [2.75, 3.05) is 5.32 Å². The third-order valence-corrected chi connectivity index (χ3v) is 3.56. The maximum absolute atomic E-state index is 5.73. The third kappa shape index (κ3) is 3.17. The number of aryl methyl sites for hydroxylation is 3. The Labute approximate surface area is 130 Å². The van der Waals surface area contributed by atoms with E-state index in [2.05, 4.69) is 47.6 Å². The molecule has 1 N–H and O–H groups in total. The summed E-state index contributed by atoms with van der Waals surface area (Å²) in [6.07, 6.45) is 0. The number of rotatable bonds is 4. The van der Waals surface area contributed by atoms with Gasteiger partial charge >= 0.3 is 0 Å². The average Bonchev–Trinajstić information content (AvgIpc) is 2.97. The molecule has 0 saturated carbocycles. The molecule has 0 radical (unpaired) electrons. The molecule has 0 amide bonds. The molecule has 4 heteroatoms. The van der Waals surface area contributed by atoms with Crippen LogP contribution in [0.1, 0.15) is 22.6 Å². The highest BCUT2D eigenvalue weighted by Gasteiger charge is 2.09. The molecule has 0 aliphatic carbocycles. The van der Waals surface area contributed by atoms with E-state index < -0.39 is 0 Å². The fourth-order valence-corrected chi connectivity index (χ4v) is 2.32. The molecular formula is C18H19N3O. The van der Waals surface area contributed by atoms with Gasteiger partial charge in [-0.2, -0.15) is 0 Å². The van der Waals surface area contributed by atoms with Gasteiger partial charge in [0.15, 0.2) is 0 Å². The van der Waals surface area contributed by atoms with E-state index in [9.17, 15) is 0 Å². The van der Waals surface area contributed by atoms with Crippen LogP contribution in [0.15, 0.2) is 46.9 Å². The average molecular weight is 293 g/mol. The molecule has 0 unspecified atom stereocenters. The molecule has 0 spiro atoms. The van der Waals surface area contributed by atoms with Crippen molar-refractivity contribution < 1.29 is 4.42 Å². The van der Waals surface area contributed by atoms with Gasteiger partial charge in [0.2, 0.25) is 11.8 Å². The van der Waals surface area contributed by atoms with Crippen LogP contribution in [-0.2, 0) is 6.54 Å². The lowest BCUT2D eigenvalue weighted by molar-refractivity contribution is 0.515. The zero-order chi connectivity index (χ0) is 15.5. The van der Waals surface area contributed by atoms with Crippen LogP contribution in [0, 0.1) is 20.8 Å². The van der Waals surface area contributed by atoms with Crippen molar-refractivity contribution >= 4 is 5.69 Å². The molecule has 0 atom stereocenters. The minimum Gasteiger partial charge on any atom is -0.419 e. The predicted molar refractivity (Wildman–Crippen MR) is 87.7 cm³/mol. The Balaban J connectivity index is 1.73. The minimum atomic E-state index is 0.517. The topological polar surface area (TPSA) is 51.0 Å². The number of nitrogens with one attached hydrogen (secondary N) is 1. The number of hydrogen-bond acceptors (Lipinski definition) is 4. The number of hydrogen-bond donors (Lipinski definition) is 1. The van der Waals surface area contributed by atoms with Crippen LogP contribution in [-0.4, -0.2) is 10.2 Å². The Bertz CT molecular complexity index is 793. The Morgan fingerprint density at radius 2 is 1.77 bits per heavy atom. The van der Waals surface area contributed by atoms with Crippen molar-refractivity contribution in [3.05, 3.63) is 65.0 Å². The first kappa shape index (κ1) is 14.3. The van der Waals surface area contributed by atoms with Crippen LogP contribution in [0.25, 0.3) is 11.5 Å². The van der Waals surface area contributed by atoms with Crippen LogP contribution in [0.3, 0.4) is 0 Å². The summed E-state index contributed by atoms with van der Waals surface area (Å²) in [6, 6.07) is 14.4. The fraction of sp³-hybridized carbons (Fsp3) is 0.222. The molecule has 0 bridgehead atoms. The summed E-state index contributed by atoms with van der Waals surface area (Å²) in [4.78, 5) is 0. The molecule has 1 heterocycles. The van der Waals surface area contributed by atoms with Gasteiger partial charge in [-0.05, 0) is 50.1 Å². The lowest BCUT2D eigenvalue weighted by atomic mass is 10.1. The van der Waals surface area contributed by atoms with Gasteiger partial charge in [0, 0.05) is 11.3 Å². The highest BCUT2D eigenvalue weighted by molar-refractivity contribution is 5.54. The van der Waals surface area contributed by atoms with Gasteiger partial charge in [-0.1, -0.05) is 29.8 Å². The molecule has 3 aromatic rings. The molecule has 0 saturated heterocycles. The van der Waals surface area contributed by atoms with Crippen LogP contribution < -0.4 is 5.32 Å². The van der Waals surface area contributed by atoms with Gasteiger partial charge in [0.1, 0.15) is 0 Å².